The number of hydrogen-bond donors (Lipinski definition) is 0. The van der Waals surface area contributed by atoms with Crippen LogP contribution in [0.1, 0.15) is 5.69 Å². The van der Waals surface area contributed by atoms with Crippen LogP contribution in [0.2, 0.25) is 0 Å². The fourth-order valence-corrected chi connectivity index (χ4v) is 4.47. The molecule has 2 aromatic rings. The molecule has 1 aromatic carbocycles. The van der Waals surface area contributed by atoms with Gasteiger partial charge in [-0.25, -0.2) is 9.37 Å². The highest BCUT2D eigenvalue weighted by Crippen LogP contribution is 2.33. The van der Waals surface area contributed by atoms with Gasteiger partial charge in [0.05, 0.1) is 43.0 Å². The molecule has 1 aliphatic carbocycles. The molecule has 1 atom stereocenters. The summed E-state index contributed by atoms with van der Waals surface area (Å²) in [6.07, 6.45) is 11.9. The summed E-state index contributed by atoms with van der Waals surface area (Å²) >= 11 is 0. The van der Waals surface area contributed by atoms with Crippen molar-refractivity contribution in [2.24, 2.45) is 10.9 Å². The number of amidine groups is 1. The normalized spacial score (nSPS) is 22.9. The van der Waals surface area contributed by atoms with Crippen LogP contribution >= 0.6 is 0 Å². The van der Waals surface area contributed by atoms with E-state index in [0.717, 1.165) is 29.5 Å². The van der Waals surface area contributed by atoms with E-state index in [2.05, 4.69) is 21.1 Å². The maximum atomic E-state index is 13.4. The molecular formula is C25H24FN5O3. The van der Waals surface area contributed by atoms with E-state index in [1.165, 1.54) is 12.1 Å². The molecule has 0 bridgehead atoms. The summed E-state index contributed by atoms with van der Waals surface area (Å²) in [5, 5.41) is 4.24. The van der Waals surface area contributed by atoms with Crippen LogP contribution in [-0.4, -0.2) is 53.4 Å². The number of ether oxygens (including phenoxy) is 3. The number of imidazole rings is 1. The molecule has 4 heterocycles. The van der Waals surface area contributed by atoms with Crippen molar-refractivity contribution >= 4 is 17.2 Å². The van der Waals surface area contributed by atoms with Gasteiger partial charge in [0.2, 0.25) is 6.79 Å². The van der Waals surface area contributed by atoms with Gasteiger partial charge in [0.1, 0.15) is 12.4 Å². The minimum atomic E-state index is -0.248. The van der Waals surface area contributed by atoms with E-state index in [1.807, 2.05) is 35.9 Å². The Bertz CT molecular complexity index is 1260. The van der Waals surface area contributed by atoms with E-state index < -0.39 is 0 Å². The number of benzene rings is 1. The first-order valence-electron chi connectivity index (χ1n) is 11.3. The van der Waals surface area contributed by atoms with Crippen molar-refractivity contribution in [1.29, 1.82) is 0 Å². The number of anilines is 1. The Labute approximate surface area is 196 Å². The van der Waals surface area contributed by atoms with Gasteiger partial charge in [0.15, 0.2) is 23.1 Å². The third kappa shape index (κ3) is 3.72. The first-order chi connectivity index (χ1) is 16.7. The van der Waals surface area contributed by atoms with Crippen LogP contribution in [0, 0.1) is 18.7 Å². The predicted molar refractivity (Wildman–Crippen MR) is 125 cm³/mol. The predicted octanol–water partition coefficient (Wildman–Crippen LogP) is 3.62. The molecule has 0 radical (unpaired) electrons. The van der Waals surface area contributed by atoms with Crippen molar-refractivity contribution in [3.8, 4) is 0 Å². The van der Waals surface area contributed by atoms with Crippen LogP contribution in [0.25, 0.3) is 5.70 Å². The molecule has 4 aliphatic rings. The second-order valence-electron chi connectivity index (χ2n) is 8.32. The summed E-state index contributed by atoms with van der Waals surface area (Å²) in [6.45, 7) is 4.67. The first-order valence-corrected chi connectivity index (χ1v) is 11.3. The zero-order valence-electron chi connectivity index (χ0n) is 18.7. The van der Waals surface area contributed by atoms with Crippen LogP contribution in [-0.2, 0) is 14.2 Å². The number of allylic oxidation sites excluding steroid dienone is 5. The van der Waals surface area contributed by atoms with Gasteiger partial charge in [0, 0.05) is 12.1 Å². The highest BCUT2D eigenvalue weighted by Gasteiger charge is 2.32. The van der Waals surface area contributed by atoms with Gasteiger partial charge >= 0.3 is 0 Å². The smallest absolute Gasteiger partial charge is 0.231 e. The SMILES string of the molecule is Cc1cn(C2=C3OCOC3=CC(/C=C3\OCCN4C3=NCCN4c3ccc(F)cc3)C=C2)cn1. The van der Waals surface area contributed by atoms with Crippen molar-refractivity contribution in [3.63, 3.8) is 0 Å². The summed E-state index contributed by atoms with van der Waals surface area (Å²) in [7, 11) is 0. The number of rotatable bonds is 3. The van der Waals surface area contributed by atoms with Crippen LogP contribution in [0.3, 0.4) is 0 Å². The van der Waals surface area contributed by atoms with Gasteiger partial charge in [-0.3, -0.25) is 15.0 Å². The lowest BCUT2D eigenvalue weighted by Gasteiger charge is -2.44. The van der Waals surface area contributed by atoms with E-state index in [9.17, 15) is 4.39 Å². The minimum absolute atomic E-state index is 0.0901. The van der Waals surface area contributed by atoms with E-state index in [1.54, 1.807) is 18.5 Å². The number of fused-ring (bicyclic) bond motifs is 2. The summed E-state index contributed by atoms with van der Waals surface area (Å²) in [4.78, 5) is 9.09. The van der Waals surface area contributed by atoms with Gasteiger partial charge in [0.25, 0.3) is 0 Å². The zero-order valence-corrected chi connectivity index (χ0v) is 18.7. The average molecular weight is 461 g/mol. The number of hydrogen-bond acceptors (Lipinski definition) is 7. The van der Waals surface area contributed by atoms with Crippen LogP contribution in [0.4, 0.5) is 10.1 Å². The number of morpholine rings is 1. The number of aryl methyl sites for hydroxylation is 1. The second-order valence-corrected chi connectivity index (χ2v) is 8.32. The Balaban J connectivity index is 1.30. The Morgan fingerprint density at radius 1 is 1.09 bits per heavy atom. The number of halogens is 1. The molecule has 3 aliphatic heterocycles. The summed E-state index contributed by atoms with van der Waals surface area (Å²) < 4.78 is 33.0. The van der Waals surface area contributed by atoms with E-state index >= 15 is 0 Å². The number of aliphatic imine (C=N–C) groups is 1. The molecule has 9 heteroatoms. The molecule has 0 N–H and O–H groups in total. The first kappa shape index (κ1) is 20.6. The monoisotopic (exact) mass is 461 g/mol. The van der Waals surface area contributed by atoms with E-state index in [4.69, 9.17) is 19.2 Å². The molecule has 0 amide bonds. The number of hydrazine groups is 1. The molecule has 34 heavy (non-hydrogen) atoms. The average Bonchev–Trinajstić information content (AvgIpc) is 3.45. The van der Waals surface area contributed by atoms with E-state index in [-0.39, 0.29) is 18.5 Å². The Kier molecular flexibility index (Phi) is 5.09. The lowest BCUT2D eigenvalue weighted by molar-refractivity contribution is 0.0975. The van der Waals surface area contributed by atoms with Crippen LogP contribution < -0.4 is 5.01 Å². The number of nitrogens with zero attached hydrogens (tertiary/aromatic N) is 5. The van der Waals surface area contributed by atoms with Crippen LogP contribution in [0.15, 0.2) is 83.4 Å². The zero-order chi connectivity index (χ0) is 23.1. The molecule has 6 rings (SSSR count). The van der Waals surface area contributed by atoms with Crippen molar-refractivity contribution in [2.45, 2.75) is 6.92 Å². The maximum absolute atomic E-state index is 13.4. The molecule has 2 saturated heterocycles. The fourth-order valence-electron chi connectivity index (χ4n) is 4.47. The summed E-state index contributed by atoms with van der Waals surface area (Å²) in [5.41, 5.74) is 2.72. The Morgan fingerprint density at radius 2 is 1.97 bits per heavy atom. The lowest BCUT2D eigenvalue weighted by Crippen LogP contribution is -2.55. The molecule has 1 unspecified atom stereocenters. The summed E-state index contributed by atoms with van der Waals surface area (Å²) in [6, 6.07) is 6.54. The fraction of sp³-hybridized carbons (Fsp3) is 0.280. The topological polar surface area (TPSA) is 64.4 Å². The van der Waals surface area contributed by atoms with Gasteiger partial charge < -0.3 is 18.8 Å². The molecule has 0 spiro atoms. The molecule has 1 aromatic heterocycles. The highest BCUT2D eigenvalue weighted by atomic mass is 19.1. The summed E-state index contributed by atoms with van der Waals surface area (Å²) in [5.74, 6) is 2.54. The largest absolute Gasteiger partial charge is 0.488 e. The van der Waals surface area contributed by atoms with Gasteiger partial charge in [-0.1, -0.05) is 6.08 Å². The highest BCUT2D eigenvalue weighted by molar-refractivity contribution is 5.98. The van der Waals surface area contributed by atoms with Crippen LogP contribution in [0.5, 0.6) is 0 Å². The van der Waals surface area contributed by atoms with Crippen molar-refractivity contribution in [1.82, 2.24) is 14.6 Å². The van der Waals surface area contributed by atoms with Gasteiger partial charge in [-0.15, -0.1) is 0 Å². The van der Waals surface area contributed by atoms with Gasteiger partial charge in [-0.2, -0.15) is 0 Å². The lowest BCUT2D eigenvalue weighted by atomic mass is 10.1. The third-order valence-electron chi connectivity index (χ3n) is 6.04. The number of aromatic nitrogens is 2. The quantitative estimate of drug-likeness (QED) is 0.696. The Hall–Kier alpha value is -4.01. The molecule has 174 valence electrons. The van der Waals surface area contributed by atoms with Crippen molar-refractivity contribution < 1.29 is 18.6 Å². The minimum Gasteiger partial charge on any atom is -0.488 e. The van der Waals surface area contributed by atoms with Crippen molar-refractivity contribution in [2.75, 3.05) is 38.0 Å². The van der Waals surface area contributed by atoms with E-state index in [0.29, 0.717) is 37.0 Å². The molecular weight excluding hydrogens is 437 g/mol. The molecule has 2 fully saturated rings. The molecule has 0 saturated carbocycles. The standard InChI is InChI=1S/C25H24FN5O3/c1-17-14-29(15-28-17)21-7-2-18(12-22-24(21)34-16-33-22)13-23-25-27-8-9-30(31(25)10-11-32-23)20-5-3-19(26)4-6-20/h2-7,12-15,18H,8-11,16H2,1H3/b23-13-. The van der Waals surface area contributed by atoms with Gasteiger partial charge in [-0.05, 0) is 49.4 Å². The Morgan fingerprint density at radius 3 is 2.79 bits per heavy atom. The van der Waals surface area contributed by atoms with Crippen molar-refractivity contribution in [3.05, 3.63) is 89.9 Å². The third-order valence-corrected chi connectivity index (χ3v) is 6.04. The second kappa shape index (κ2) is 8.40. The maximum Gasteiger partial charge on any atom is 0.231 e. The molecule has 8 nitrogen and oxygen atoms in total.